The Bertz CT molecular complexity index is 726. The summed E-state index contributed by atoms with van der Waals surface area (Å²) in [4.78, 5) is 8.66. The van der Waals surface area contributed by atoms with Gasteiger partial charge in [0.05, 0.1) is 24.3 Å². The molecule has 1 aliphatic carbocycles. The summed E-state index contributed by atoms with van der Waals surface area (Å²) in [6, 6.07) is 6.47. The zero-order chi connectivity index (χ0) is 14.1. The molecule has 1 aliphatic rings. The Morgan fingerprint density at radius 3 is 3.00 bits per heavy atom. The number of aromatic nitrogens is 5. The second kappa shape index (κ2) is 5.05. The van der Waals surface area contributed by atoms with E-state index in [4.69, 9.17) is 0 Å². The molecule has 6 heteroatoms. The van der Waals surface area contributed by atoms with Gasteiger partial charge in [-0.05, 0) is 31.0 Å². The van der Waals surface area contributed by atoms with Crippen molar-refractivity contribution in [3.8, 4) is 5.82 Å². The average Bonchev–Trinajstić information content (AvgIpc) is 3.04. The van der Waals surface area contributed by atoms with Gasteiger partial charge in [-0.2, -0.15) is 5.10 Å². The van der Waals surface area contributed by atoms with E-state index in [1.165, 1.54) is 18.5 Å². The number of rotatable bonds is 5. The predicted molar refractivity (Wildman–Crippen MR) is 79.2 cm³/mol. The molecule has 3 aromatic heterocycles. The van der Waals surface area contributed by atoms with Crippen molar-refractivity contribution in [3.05, 3.63) is 55.0 Å². The molecule has 6 nitrogen and oxygen atoms in total. The minimum Gasteiger partial charge on any atom is -0.376 e. The summed E-state index contributed by atoms with van der Waals surface area (Å²) in [7, 11) is 0. The lowest BCUT2D eigenvalue weighted by Gasteiger charge is -2.12. The molecule has 0 atom stereocenters. The molecule has 21 heavy (non-hydrogen) atoms. The van der Waals surface area contributed by atoms with E-state index in [-0.39, 0.29) is 0 Å². The van der Waals surface area contributed by atoms with Crippen LogP contribution in [0.15, 0.2) is 49.3 Å². The highest BCUT2D eigenvalue weighted by Crippen LogP contribution is 2.35. The molecule has 0 spiro atoms. The van der Waals surface area contributed by atoms with E-state index in [0.29, 0.717) is 6.04 Å². The van der Waals surface area contributed by atoms with E-state index in [1.807, 2.05) is 36.9 Å². The minimum atomic E-state index is 0.642. The van der Waals surface area contributed by atoms with E-state index in [9.17, 15) is 0 Å². The van der Waals surface area contributed by atoms with Crippen LogP contribution in [-0.4, -0.2) is 24.3 Å². The largest absolute Gasteiger partial charge is 0.376 e. The van der Waals surface area contributed by atoms with Gasteiger partial charge in [-0.1, -0.05) is 0 Å². The fourth-order valence-electron chi connectivity index (χ4n) is 2.45. The highest BCUT2D eigenvalue weighted by Gasteiger charge is 2.25. The Labute approximate surface area is 122 Å². The topological polar surface area (TPSA) is 60.6 Å². The molecule has 1 N–H and O–H groups in total. The number of nitrogens with zero attached hydrogens (tertiary/aromatic N) is 5. The third-order valence-corrected chi connectivity index (χ3v) is 3.65. The fourth-order valence-corrected chi connectivity index (χ4v) is 2.45. The van der Waals surface area contributed by atoms with Crippen LogP contribution in [0.3, 0.4) is 0 Å². The van der Waals surface area contributed by atoms with Crippen molar-refractivity contribution < 1.29 is 0 Å². The summed E-state index contributed by atoms with van der Waals surface area (Å²) in [5.41, 5.74) is 2.16. The van der Waals surface area contributed by atoms with E-state index in [0.717, 1.165) is 18.1 Å². The molecule has 0 aliphatic heterocycles. The van der Waals surface area contributed by atoms with Gasteiger partial charge in [0.1, 0.15) is 0 Å². The normalized spacial score (nSPS) is 14.3. The van der Waals surface area contributed by atoms with Gasteiger partial charge in [-0.25, -0.2) is 14.6 Å². The van der Waals surface area contributed by atoms with Gasteiger partial charge in [0.2, 0.25) is 0 Å². The van der Waals surface area contributed by atoms with Gasteiger partial charge in [-0.3, -0.25) is 0 Å². The lowest BCUT2D eigenvalue weighted by Crippen LogP contribution is -2.09. The fraction of sp³-hybridized carbons (Fsp3) is 0.267. The van der Waals surface area contributed by atoms with Crippen LogP contribution in [0.2, 0.25) is 0 Å². The highest BCUT2D eigenvalue weighted by molar-refractivity contribution is 5.56. The molecule has 106 valence electrons. The van der Waals surface area contributed by atoms with Gasteiger partial charge in [-0.15, -0.1) is 0 Å². The first-order valence-electron chi connectivity index (χ1n) is 7.11. The molecule has 3 heterocycles. The molecule has 1 saturated carbocycles. The van der Waals surface area contributed by atoms with E-state index < -0.39 is 0 Å². The van der Waals surface area contributed by atoms with Crippen LogP contribution < -0.4 is 5.32 Å². The van der Waals surface area contributed by atoms with Crippen molar-refractivity contribution in [1.82, 2.24) is 24.3 Å². The summed E-state index contributed by atoms with van der Waals surface area (Å²) in [5.74, 6) is 0.806. The first-order valence-corrected chi connectivity index (χ1v) is 7.11. The quantitative estimate of drug-likeness (QED) is 0.779. The molecule has 3 aromatic rings. The summed E-state index contributed by atoms with van der Waals surface area (Å²) >= 11 is 0. The maximum Gasteiger partial charge on any atom is 0.176 e. The molecular formula is C15H16N6. The van der Waals surface area contributed by atoms with Crippen LogP contribution in [0.4, 0.5) is 5.69 Å². The molecule has 4 rings (SSSR count). The monoisotopic (exact) mass is 280 g/mol. The van der Waals surface area contributed by atoms with E-state index in [2.05, 4.69) is 25.0 Å². The predicted octanol–water partition coefficient (Wildman–Crippen LogP) is 2.41. The second-order valence-corrected chi connectivity index (χ2v) is 5.20. The third kappa shape index (κ3) is 2.40. The first-order chi connectivity index (χ1) is 10.4. The van der Waals surface area contributed by atoms with Crippen molar-refractivity contribution in [2.45, 2.75) is 25.4 Å². The Hall–Kier alpha value is -2.63. The highest BCUT2D eigenvalue weighted by atomic mass is 15.3. The lowest BCUT2D eigenvalue weighted by atomic mass is 10.3. The number of pyridine rings is 1. The molecule has 0 aromatic carbocycles. The van der Waals surface area contributed by atoms with Gasteiger partial charge in [0, 0.05) is 30.8 Å². The van der Waals surface area contributed by atoms with Gasteiger partial charge in [0.25, 0.3) is 0 Å². The van der Waals surface area contributed by atoms with Gasteiger partial charge in [0.15, 0.2) is 5.82 Å². The number of anilines is 1. The van der Waals surface area contributed by atoms with Crippen LogP contribution in [-0.2, 0) is 6.54 Å². The summed E-state index contributed by atoms with van der Waals surface area (Å²) in [5, 5.41) is 7.69. The van der Waals surface area contributed by atoms with Crippen LogP contribution in [0.25, 0.3) is 5.82 Å². The smallest absolute Gasteiger partial charge is 0.176 e. The standard InChI is InChI=1S/C15H16N6/c1-3-14(15(17-6-1)21-8-2-7-19-21)18-10-13-9-16-11-20(13)12-4-5-12/h1-3,6-9,11-12,18H,4-5,10H2. The number of hydrogen-bond acceptors (Lipinski definition) is 4. The van der Waals surface area contributed by atoms with Gasteiger partial charge < -0.3 is 9.88 Å². The van der Waals surface area contributed by atoms with Crippen molar-refractivity contribution in [2.75, 3.05) is 5.32 Å². The van der Waals surface area contributed by atoms with Crippen LogP contribution >= 0.6 is 0 Å². The van der Waals surface area contributed by atoms with Gasteiger partial charge >= 0.3 is 0 Å². The lowest BCUT2D eigenvalue weighted by molar-refractivity contribution is 0.700. The summed E-state index contributed by atoms with van der Waals surface area (Å²) in [6.45, 7) is 0.733. The molecule has 0 radical (unpaired) electrons. The maximum atomic E-state index is 4.41. The first kappa shape index (κ1) is 12.1. The zero-order valence-corrected chi connectivity index (χ0v) is 11.6. The Morgan fingerprint density at radius 1 is 1.24 bits per heavy atom. The summed E-state index contributed by atoms with van der Waals surface area (Å²) in [6.07, 6.45) is 11.8. The number of nitrogens with one attached hydrogen (secondary N) is 1. The molecule has 0 unspecified atom stereocenters. The molecule has 0 amide bonds. The van der Waals surface area contributed by atoms with E-state index in [1.54, 1.807) is 17.1 Å². The second-order valence-electron chi connectivity index (χ2n) is 5.20. The van der Waals surface area contributed by atoms with Crippen molar-refractivity contribution >= 4 is 5.69 Å². The average molecular weight is 280 g/mol. The maximum absolute atomic E-state index is 4.41. The molecule has 1 fully saturated rings. The Kier molecular flexibility index (Phi) is 2.92. The molecular weight excluding hydrogens is 264 g/mol. The zero-order valence-electron chi connectivity index (χ0n) is 11.6. The third-order valence-electron chi connectivity index (χ3n) is 3.65. The van der Waals surface area contributed by atoms with E-state index >= 15 is 0 Å². The number of imidazole rings is 1. The molecule has 0 saturated heterocycles. The van der Waals surface area contributed by atoms with Crippen LogP contribution in [0.1, 0.15) is 24.6 Å². The summed E-state index contributed by atoms with van der Waals surface area (Å²) < 4.78 is 4.03. The van der Waals surface area contributed by atoms with Crippen molar-refractivity contribution in [3.63, 3.8) is 0 Å². The molecule has 0 bridgehead atoms. The Morgan fingerprint density at radius 2 is 2.19 bits per heavy atom. The van der Waals surface area contributed by atoms with Crippen molar-refractivity contribution in [2.24, 2.45) is 0 Å². The van der Waals surface area contributed by atoms with Crippen LogP contribution in [0.5, 0.6) is 0 Å². The SMILES string of the molecule is c1cnc(-n2cccn2)c(NCc2cncn2C2CC2)c1. The van der Waals surface area contributed by atoms with Crippen molar-refractivity contribution in [1.29, 1.82) is 0 Å². The Balaban J connectivity index is 1.56. The number of hydrogen-bond donors (Lipinski definition) is 1. The minimum absolute atomic E-state index is 0.642. The van der Waals surface area contributed by atoms with Crippen LogP contribution in [0, 0.1) is 0 Å².